The Bertz CT molecular complexity index is 1080. The van der Waals surface area contributed by atoms with Crippen LogP contribution in [0.4, 0.5) is 5.69 Å². The minimum Gasteiger partial charge on any atom is -0.278 e. The first kappa shape index (κ1) is 19.3. The molecule has 0 fully saturated rings. The van der Waals surface area contributed by atoms with E-state index in [0.717, 1.165) is 21.4 Å². The van der Waals surface area contributed by atoms with Crippen LogP contribution in [0.25, 0.3) is 0 Å². The fourth-order valence-corrected chi connectivity index (χ4v) is 4.68. The number of benzene rings is 2. The lowest BCUT2D eigenvalue weighted by Gasteiger charge is -2.10. The van der Waals surface area contributed by atoms with Crippen molar-refractivity contribution >= 4 is 55.1 Å². The van der Waals surface area contributed by atoms with Gasteiger partial charge in [-0.3, -0.25) is 9.52 Å². The molecule has 0 aliphatic rings. The molecule has 0 atom stereocenters. The van der Waals surface area contributed by atoms with E-state index in [-0.39, 0.29) is 15.5 Å². The van der Waals surface area contributed by atoms with Crippen LogP contribution in [-0.4, -0.2) is 20.5 Å². The van der Waals surface area contributed by atoms with Crippen molar-refractivity contribution in [2.75, 3.05) is 4.72 Å². The zero-order chi connectivity index (χ0) is 19.3. The second kappa shape index (κ2) is 8.47. The third kappa shape index (κ3) is 5.03. The van der Waals surface area contributed by atoms with E-state index in [0.29, 0.717) is 0 Å². The largest absolute Gasteiger partial charge is 0.278 e. The molecule has 138 valence electrons. The molecular weight excluding hydrogens is 450 g/mol. The summed E-state index contributed by atoms with van der Waals surface area (Å²) in [4.78, 5) is 12.4. The van der Waals surface area contributed by atoms with Crippen molar-refractivity contribution in [3.05, 3.63) is 81.6 Å². The highest BCUT2D eigenvalue weighted by Crippen LogP contribution is 2.22. The summed E-state index contributed by atoms with van der Waals surface area (Å²) in [6.45, 7) is 0. The van der Waals surface area contributed by atoms with Crippen LogP contribution in [-0.2, 0) is 10.0 Å². The number of rotatable bonds is 6. The Morgan fingerprint density at radius 1 is 1.07 bits per heavy atom. The third-order valence-corrected chi connectivity index (χ3v) is 6.66. The van der Waals surface area contributed by atoms with Crippen LogP contribution in [0, 0.1) is 0 Å². The van der Waals surface area contributed by atoms with Gasteiger partial charge < -0.3 is 0 Å². The Kier molecular flexibility index (Phi) is 6.04. The standard InChI is InChI=1S/C18H14BrN3O3S2/c19-14-6-3-5-13(11-14)12-20-21-18(23)15-7-1-2-8-16(15)22-27(24,25)17-9-4-10-26-17/h1-12,22H,(H,21,23). The van der Waals surface area contributed by atoms with Crippen LogP contribution in [0.15, 0.2) is 79.8 Å². The zero-order valence-electron chi connectivity index (χ0n) is 13.8. The number of anilines is 1. The van der Waals surface area contributed by atoms with E-state index in [1.807, 2.05) is 24.3 Å². The summed E-state index contributed by atoms with van der Waals surface area (Å²) in [5, 5.41) is 5.60. The van der Waals surface area contributed by atoms with Gasteiger partial charge in [0.1, 0.15) is 4.21 Å². The summed E-state index contributed by atoms with van der Waals surface area (Å²) in [6, 6.07) is 16.9. The topological polar surface area (TPSA) is 87.6 Å². The minimum absolute atomic E-state index is 0.170. The van der Waals surface area contributed by atoms with Gasteiger partial charge in [0, 0.05) is 4.47 Å². The van der Waals surface area contributed by atoms with Gasteiger partial charge in [-0.15, -0.1) is 11.3 Å². The molecule has 1 heterocycles. The summed E-state index contributed by atoms with van der Waals surface area (Å²) < 4.78 is 28.3. The van der Waals surface area contributed by atoms with Crippen molar-refractivity contribution < 1.29 is 13.2 Å². The van der Waals surface area contributed by atoms with Crippen molar-refractivity contribution in [3.8, 4) is 0 Å². The van der Waals surface area contributed by atoms with Crippen LogP contribution in [0.1, 0.15) is 15.9 Å². The van der Waals surface area contributed by atoms with Crippen molar-refractivity contribution in [1.29, 1.82) is 0 Å². The minimum atomic E-state index is -3.75. The molecule has 0 radical (unpaired) electrons. The fourth-order valence-electron chi connectivity index (χ4n) is 2.19. The molecule has 3 aromatic rings. The summed E-state index contributed by atoms with van der Waals surface area (Å²) in [7, 11) is -3.75. The summed E-state index contributed by atoms with van der Waals surface area (Å²) in [6.07, 6.45) is 1.50. The maximum absolute atomic E-state index is 12.4. The maximum atomic E-state index is 12.4. The molecule has 27 heavy (non-hydrogen) atoms. The first-order valence-electron chi connectivity index (χ1n) is 7.70. The van der Waals surface area contributed by atoms with Crippen LogP contribution in [0.2, 0.25) is 0 Å². The summed E-state index contributed by atoms with van der Waals surface area (Å²) in [5.74, 6) is -0.522. The predicted molar refractivity (Wildman–Crippen MR) is 111 cm³/mol. The van der Waals surface area contributed by atoms with E-state index in [2.05, 4.69) is 31.2 Å². The SMILES string of the molecule is O=C(NN=Cc1cccc(Br)c1)c1ccccc1NS(=O)(=O)c1cccs1. The molecule has 9 heteroatoms. The number of sulfonamides is 1. The van der Waals surface area contributed by atoms with E-state index in [1.165, 1.54) is 24.4 Å². The van der Waals surface area contributed by atoms with E-state index >= 15 is 0 Å². The predicted octanol–water partition coefficient (Wildman–Crippen LogP) is 4.08. The van der Waals surface area contributed by atoms with E-state index < -0.39 is 15.9 Å². The number of hydrogen-bond donors (Lipinski definition) is 2. The third-order valence-electron chi connectivity index (χ3n) is 3.40. The molecule has 3 rings (SSSR count). The van der Waals surface area contributed by atoms with Gasteiger partial charge in [-0.1, -0.05) is 46.3 Å². The van der Waals surface area contributed by atoms with Gasteiger partial charge in [-0.25, -0.2) is 13.8 Å². The molecule has 0 saturated heterocycles. The number of amides is 1. The summed E-state index contributed by atoms with van der Waals surface area (Å²) >= 11 is 4.46. The molecule has 6 nitrogen and oxygen atoms in total. The molecular formula is C18H14BrN3O3S2. The number of hydrazone groups is 1. The highest BCUT2D eigenvalue weighted by Gasteiger charge is 2.19. The molecule has 0 saturated carbocycles. The second-order valence-corrected chi connectivity index (χ2v) is 9.11. The molecule has 0 unspecified atom stereocenters. The number of para-hydroxylation sites is 1. The Hall–Kier alpha value is -2.49. The quantitative estimate of drug-likeness (QED) is 0.426. The van der Waals surface area contributed by atoms with Gasteiger partial charge in [-0.2, -0.15) is 5.10 Å². The zero-order valence-corrected chi connectivity index (χ0v) is 17.0. The lowest BCUT2D eigenvalue weighted by molar-refractivity contribution is 0.0956. The van der Waals surface area contributed by atoms with Gasteiger partial charge in [0.15, 0.2) is 0 Å². The van der Waals surface area contributed by atoms with E-state index in [1.54, 1.807) is 23.6 Å². The fraction of sp³-hybridized carbons (Fsp3) is 0. The normalized spacial score (nSPS) is 11.4. The van der Waals surface area contributed by atoms with Gasteiger partial charge in [0.2, 0.25) is 0 Å². The van der Waals surface area contributed by atoms with Gasteiger partial charge >= 0.3 is 0 Å². The van der Waals surface area contributed by atoms with Crippen molar-refractivity contribution in [2.24, 2.45) is 5.10 Å². The Morgan fingerprint density at radius 3 is 2.63 bits per heavy atom. The molecule has 2 aromatic carbocycles. The molecule has 0 aliphatic carbocycles. The van der Waals surface area contributed by atoms with Crippen LogP contribution < -0.4 is 10.1 Å². The highest BCUT2D eigenvalue weighted by atomic mass is 79.9. The Balaban J connectivity index is 1.76. The molecule has 2 N–H and O–H groups in total. The van der Waals surface area contributed by atoms with Gasteiger partial charge in [0.25, 0.3) is 15.9 Å². The van der Waals surface area contributed by atoms with Crippen LogP contribution in [0.5, 0.6) is 0 Å². The number of nitrogens with zero attached hydrogens (tertiary/aromatic N) is 1. The van der Waals surface area contributed by atoms with E-state index in [4.69, 9.17) is 0 Å². The van der Waals surface area contributed by atoms with Crippen molar-refractivity contribution in [2.45, 2.75) is 4.21 Å². The first-order chi connectivity index (χ1) is 13.0. The highest BCUT2D eigenvalue weighted by molar-refractivity contribution is 9.10. The van der Waals surface area contributed by atoms with Gasteiger partial charge in [-0.05, 0) is 41.3 Å². The number of nitrogens with one attached hydrogen (secondary N) is 2. The van der Waals surface area contributed by atoms with E-state index in [9.17, 15) is 13.2 Å². The molecule has 1 aromatic heterocycles. The second-order valence-electron chi connectivity index (χ2n) is 5.34. The van der Waals surface area contributed by atoms with Gasteiger partial charge in [0.05, 0.1) is 17.5 Å². The average Bonchev–Trinajstić information content (AvgIpc) is 3.17. The monoisotopic (exact) mass is 463 g/mol. The number of carbonyl (C=O) groups is 1. The van der Waals surface area contributed by atoms with Crippen molar-refractivity contribution in [1.82, 2.24) is 5.43 Å². The number of thiophene rings is 1. The number of carbonyl (C=O) groups excluding carboxylic acids is 1. The molecule has 1 amide bonds. The maximum Gasteiger partial charge on any atom is 0.273 e. The first-order valence-corrected chi connectivity index (χ1v) is 10.9. The van der Waals surface area contributed by atoms with Crippen LogP contribution >= 0.6 is 27.3 Å². The number of hydrogen-bond acceptors (Lipinski definition) is 5. The lowest BCUT2D eigenvalue weighted by Crippen LogP contribution is -2.21. The Labute approximate surface area is 169 Å². The summed E-state index contributed by atoms with van der Waals surface area (Å²) in [5.41, 5.74) is 3.56. The lowest BCUT2D eigenvalue weighted by atomic mass is 10.2. The Morgan fingerprint density at radius 2 is 1.89 bits per heavy atom. The molecule has 0 spiro atoms. The molecule has 0 aliphatic heterocycles. The van der Waals surface area contributed by atoms with Crippen LogP contribution in [0.3, 0.4) is 0 Å². The average molecular weight is 464 g/mol. The smallest absolute Gasteiger partial charge is 0.273 e. The van der Waals surface area contributed by atoms with Crippen molar-refractivity contribution in [3.63, 3.8) is 0 Å². The number of halogens is 1. The molecule has 0 bridgehead atoms.